The number of hydrogen-bond donors (Lipinski definition) is 3. The Morgan fingerprint density at radius 1 is 1.33 bits per heavy atom. The number of primary amides is 1. The number of carbonyl (C=O) groups is 2. The minimum atomic E-state index is -0.213. The molecule has 0 unspecified atom stereocenters. The van der Waals surface area contributed by atoms with E-state index in [-0.39, 0.29) is 17.7 Å². The fourth-order valence-electron chi connectivity index (χ4n) is 2.79. The molecule has 0 spiro atoms. The van der Waals surface area contributed by atoms with Gasteiger partial charge < -0.3 is 16.0 Å². The minimum absolute atomic E-state index is 0.0157. The number of rotatable bonds is 5. The van der Waals surface area contributed by atoms with Crippen LogP contribution in [0.15, 0.2) is 24.3 Å². The zero-order chi connectivity index (χ0) is 15.2. The third-order valence-electron chi connectivity index (χ3n) is 4.12. The van der Waals surface area contributed by atoms with E-state index in [9.17, 15) is 9.59 Å². The summed E-state index contributed by atoms with van der Waals surface area (Å²) in [4.78, 5) is 24.4. The van der Waals surface area contributed by atoms with E-state index in [4.69, 9.17) is 5.73 Å². The topological polar surface area (TPSA) is 76.6 Å². The number of carbonyl (C=O) groups excluding carboxylic acids is 2. The Morgan fingerprint density at radius 3 is 2.67 bits per heavy atom. The van der Waals surface area contributed by atoms with Gasteiger partial charge in [-0.05, 0) is 24.1 Å². The van der Waals surface area contributed by atoms with Gasteiger partial charge in [-0.2, -0.15) is 0 Å². The molecule has 1 aromatic rings. The van der Waals surface area contributed by atoms with Gasteiger partial charge in [-0.25, -0.2) is 0 Å². The van der Waals surface area contributed by atoms with E-state index in [1.54, 1.807) is 0 Å². The van der Waals surface area contributed by atoms with E-state index in [0.29, 0.717) is 6.54 Å². The molecular weight excluding hydrogens is 266 g/mol. The first-order valence-electron chi connectivity index (χ1n) is 7.60. The monoisotopic (exact) mass is 290 g/mol. The molecule has 1 aromatic carbocycles. The first kappa shape index (κ1) is 15.5. The normalized spacial score (nSPS) is 21.8. The Hall–Kier alpha value is -1.88. The second-order valence-corrected chi connectivity index (χ2v) is 5.71. The van der Waals surface area contributed by atoms with Crippen LogP contribution in [0.25, 0.3) is 0 Å². The maximum Gasteiger partial charge on any atom is 0.279 e. The Labute approximate surface area is 125 Å². The fraction of sp³-hybridized carbons (Fsp3) is 0.500. The van der Waals surface area contributed by atoms with Crippen molar-refractivity contribution in [1.82, 2.24) is 0 Å². The van der Waals surface area contributed by atoms with Crippen molar-refractivity contribution in [2.24, 2.45) is 11.7 Å². The number of hydrogen-bond acceptors (Lipinski definition) is 2. The molecule has 4 N–H and O–H groups in total. The maximum absolute atomic E-state index is 12.1. The smallest absolute Gasteiger partial charge is 0.279 e. The van der Waals surface area contributed by atoms with Crippen LogP contribution < -0.4 is 16.0 Å². The van der Waals surface area contributed by atoms with Crippen molar-refractivity contribution in [2.45, 2.75) is 26.2 Å². The van der Waals surface area contributed by atoms with E-state index in [2.05, 4.69) is 18.3 Å². The third kappa shape index (κ3) is 4.56. The lowest BCUT2D eigenvalue weighted by atomic mass is 9.96. The number of piperidine rings is 1. The molecule has 0 bridgehead atoms. The van der Waals surface area contributed by atoms with Gasteiger partial charge in [-0.15, -0.1) is 0 Å². The first-order valence-corrected chi connectivity index (χ1v) is 7.60. The molecule has 5 heteroatoms. The van der Waals surface area contributed by atoms with Gasteiger partial charge in [0.1, 0.15) is 0 Å². The van der Waals surface area contributed by atoms with E-state index in [1.807, 2.05) is 18.2 Å². The summed E-state index contributed by atoms with van der Waals surface area (Å²) in [7, 11) is 0. The number of amides is 2. The molecule has 0 aromatic heterocycles. The SMILES string of the molecule is CCc1cccc(NC(=O)C[NH+]2CCC(C(N)=O)CC2)c1. The molecule has 0 saturated carbocycles. The predicted octanol–water partition coefficient (Wildman–Crippen LogP) is -0.0323. The van der Waals surface area contributed by atoms with E-state index in [1.165, 1.54) is 10.5 Å². The van der Waals surface area contributed by atoms with Crippen molar-refractivity contribution in [1.29, 1.82) is 0 Å². The lowest BCUT2D eigenvalue weighted by Crippen LogP contribution is -3.14. The van der Waals surface area contributed by atoms with Crippen LogP contribution in [-0.2, 0) is 16.0 Å². The van der Waals surface area contributed by atoms with Crippen molar-refractivity contribution in [2.75, 3.05) is 25.0 Å². The number of anilines is 1. The van der Waals surface area contributed by atoms with E-state index >= 15 is 0 Å². The number of nitrogens with two attached hydrogens (primary N) is 1. The van der Waals surface area contributed by atoms with Gasteiger partial charge in [-0.3, -0.25) is 9.59 Å². The van der Waals surface area contributed by atoms with Gasteiger partial charge in [0.25, 0.3) is 5.91 Å². The van der Waals surface area contributed by atoms with Crippen LogP contribution in [0.5, 0.6) is 0 Å². The molecule has 1 saturated heterocycles. The van der Waals surface area contributed by atoms with Crippen molar-refractivity contribution < 1.29 is 14.5 Å². The van der Waals surface area contributed by atoms with Gasteiger partial charge in [0.2, 0.25) is 5.91 Å². The average molecular weight is 290 g/mol. The number of benzene rings is 1. The number of quaternary nitrogens is 1. The summed E-state index contributed by atoms with van der Waals surface area (Å²) >= 11 is 0. The molecule has 1 fully saturated rings. The fourth-order valence-corrected chi connectivity index (χ4v) is 2.79. The molecular formula is C16H24N3O2+. The highest BCUT2D eigenvalue weighted by Crippen LogP contribution is 2.11. The number of likely N-dealkylation sites (tertiary alicyclic amines) is 1. The van der Waals surface area contributed by atoms with Gasteiger partial charge in [0, 0.05) is 24.4 Å². The molecule has 1 aliphatic heterocycles. The van der Waals surface area contributed by atoms with Crippen LogP contribution in [0.2, 0.25) is 0 Å². The quantitative estimate of drug-likeness (QED) is 0.712. The first-order chi connectivity index (χ1) is 10.1. The highest BCUT2D eigenvalue weighted by atomic mass is 16.2. The second-order valence-electron chi connectivity index (χ2n) is 5.71. The molecule has 2 rings (SSSR count). The van der Waals surface area contributed by atoms with Crippen molar-refractivity contribution in [3.63, 3.8) is 0 Å². The summed E-state index contributed by atoms with van der Waals surface area (Å²) in [5.41, 5.74) is 7.38. The van der Waals surface area contributed by atoms with Crippen LogP contribution in [0.1, 0.15) is 25.3 Å². The molecule has 1 aliphatic rings. The number of aryl methyl sites for hydroxylation is 1. The lowest BCUT2D eigenvalue weighted by molar-refractivity contribution is -0.897. The van der Waals surface area contributed by atoms with Crippen LogP contribution in [0.4, 0.5) is 5.69 Å². The van der Waals surface area contributed by atoms with Crippen molar-refractivity contribution >= 4 is 17.5 Å². The zero-order valence-electron chi connectivity index (χ0n) is 12.5. The summed E-state index contributed by atoms with van der Waals surface area (Å²) in [6, 6.07) is 7.92. The Kier molecular flexibility index (Phi) is 5.33. The van der Waals surface area contributed by atoms with E-state index < -0.39 is 0 Å². The zero-order valence-corrected chi connectivity index (χ0v) is 12.5. The summed E-state index contributed by atoms with van der Waals surface area (Å²) in [5, 5.41) is 2.95. The van der Waals surface area contributed by atoms with Gasteiger partial charge in [0.05, 0.1) is 13.1 Å². The van der Waals surface area contributed by atoms with Gasteiger partial charge in [-0.1, -0.05) is 19.1 Å². The molecule has 0 aliphatic carbocycles. The molecule has 2 amide bonds. The Bertz CT molecular complexity index is 508. The van der Waals surface area contributed by atoms with Crippen LogP contribution in [0, 0.1) is 5.92 Å². The van der Waals surface area contributed by atoms with Gasteiger partial charge >= 0.3 is 0 Å². The van der Waals surface area contributed by atoms with Crippen molar-refractivity contribution in [3.05, 3.63) is 29.8 Å². The standard InChI is InChI=1S/C16H23N3O2/c1-2-12-4-3-5-14(10-12)18-15(20)11-19-8-6-13(7-9-19)16(17)21/h3-5,10,13H,2,6-9,11H2,1H3,(H2,17,21)(H,18,20)/p+1. The van der Waals surface area contributed by atoms with E-state index in [0.717, 1.165) is 38.0 Å². The number of nitrogens with one attached hydrogen (secondary N) is 2. The molecule has 1 heterocycles. The molecule has 0 atom stereocenters. The third-order valence-corrected chi connectivity index (χ3v) is 4.12. The predicted molar refractivity (Wildman–Crippen MR) is 81.9 cm³/mol. The highest BCUT2D eigenvalue weighted by Gasteiger charge is 2.26. The highest BCUT2D eigenvalue weighted by molar-refractivity contribution is 5.91. The Morgan fingerprint density at radius 2 is 2.05 bits per heavy atom. The molecule has 21 heavy (non-hydrogen) atoms. The van der Waals surface area contributed by atoms with Gasteiger partial charge in [0.15, 0.2) is 6.54 Å². The lowest BCUT2D eigenvalue weighted by Gasteiger charge is -2.27. The minimum Gasteiger partial charge on any atom is -0.369 e. The molecule has 5 nitrogen and oxygen atoms in total. The Balaban J connectivity index is 1.81. The van der Waals surface area contributed by atoms with Crippen LogP contribution >= 0.6 is 0 Å². The maximum atomic E-state index is 12.1. The van der Waals surface area contributed by atoms with Crippen LogP contribution in [0.3, 0.4) is 0 Å². The largest absolute Gasteiger partial charge is 0.369 e. The molecule has 114 valence electrons. The molecule has 0 radical (unpaired) electrons. The summed E-state index contributed by atoms with van der Waals surface area (Å²) in [5.74, 6) is -0.205. The van der Waals surface area contributed by atoms with Crippen molar-refractivity contribution in [3.8, 4) is 0 Å². The summed E-state index contributed by atoms with van der Waals surface area (Å²) in [6.07, 6.45) is 2.52. The summed E-state index contributed by atoms with van der Waals surface area (Å²) in [6.45, 7) is 4.20. The summed E-state index contributed by atoms with van der Waals surface area (Å²) < 4.78 is 0. The average Bonchev–Trinajstić information content (AvgIpc) is 2.47. The van der Waals surface area contributed by atoms with Crippen LogP contribution in [-0.4, -0.2) is 31.4 Å². The second kappa shape index (κ2) is 7.22.